The van der Waals surface area contributed by atoms with Gasteiger partial charge < -0.3 is 20.3 Å². The van der Waals surface area contributed by atoms with Crippen molar-refractivity contribution in [3.05, 3.63) is 28.2 Å². The first kappa shape index (κ1) is 18.5. The van der Waals surface area contributed by atoms with Crippen molar-refractivity contribution in [2.45, 2.75) is 44.9 Å². The summed E-state index contributed by atoms with van der Waals surface area (Å²) < 4.78 is 5.46. The van der Waals surface area contributed by atoms with Gasteiger partial charge in [0, 0.05) is 17.1 Å². The summed E-state index contributed by atoms with van der Waals surface area (Å²) >= 11 is 11.8. The number of benzene rings is 1. The van der Waals surface area contributed by atoms with Crippen LogP contribution >= 0.6 is 23.2 Å². The van der Waals surface area contributed by atoms with Crippen LogP contribution in [0.25, 0.3) is 0 Å². The molecule has 0 fully saturated rings. The van der Waals surface area contributed by atoms with Gasteiger partial charge in [-0.05, 0) is 45.9 Å². The topological polar surface area (TPSA) is 61.7 Å². The van der Waals surface area contributed by atoms with Crippen LogP contribution in [0.5, 0.6) is 5.75 Å². The van der Waals surface area contributed by atoms with Gasteiger partial charge in [-0.3, -0.25) is 0 Å². The van der Waals surface area contributed by atoms with Crippen molar-refractivity contribution < 1.29 is 14.9 Å². The minimum atomic E-state index is -0.910. The van der Waals surface area contributed by atoms with Gasteiger partial charge in [0.25, 0.3) is 0 Å². The van der Waals surface area contributed by atoms with Crippen molar-refractivity contribution in [2.24, 2.45) is 0 Å². The highest BCUT2D eigenvalue weighted by molar-refractivity contribution is 6.35. The molecular formula is C15H23Cl2NO3. The Morgan fingerprint density at radius 3 is 2.38 bits per heavy atom. The zero-order chi connectivity index (χ0) is 16.3. The standard InChI is InChI=1S/C15H23Cl2NO3/c1-14(2,15(3,4)20)18-8-11(19)9-21-13-6-5-10(16)7-12(13)17/h5-7,11,18-20H,8-9H2,1-4H3. The van der Waals surface area contributed by atoms with Crippen LogP contribution in [0.2, 0.25) is 10.0 Å². The molecule has 1 unspecified atom stereocenters. The molecule has 0 aliphatic heterocycles. The lowest BCUT2D eigenvalue weighted by Crippen LogP contribution is -2.57. The third-order valence-corrected chi connectivity index (χ3v) is 4.16. The molecule has 21 heavy (non-hydrogen) atoms. The van der Waals surface area contributed by atoms with E-state index in [1.165, 1.54) is 0 Å². The van der Waals surface area contributed by atoms with Crippen molar-refractivity contribution in [1.29, 1.82) is 0 Å². The van der Waals surface area contributed by atoms with E-state index in [1.807, 2.05) is 13.8 Å². The molecule has 0 aliphatic carbocycles. The van der Waals surface area contributed by atoms with Crippen molar-refractivity contribution >= 4 is 23.2 Å². The van der Waals surface area contributed by atoms with Gasteiger partial charge in [-0.25, -0.2) is 0 Å². The molecule has 1 atom stereocenters. The lowest BCUT2D eigenvalue weighted by Gasteiger charge is -2.38. The molecule has 0 amide bonds. The molecule has 0 heterocycles. The maximum atomic E-state index is 10.0. The van der Waals surface area contributed by atoms with E-state index in [4.69, 9.17) is 27.9 Å². The molecule has 0 saturated carbocycles. The second kappa shape index (κ2) is 7.16. The fourth-order valence-electron chi connectivity index (χ4n) is 1.43. The van der Waals surface area contributed by atoms with Crippen LogP contribution in [0.1, 0.15) is 27.7 Å². The first-order chi connectivity index (χ1) is 9.53. The van der Waals surface area contributed by atoms with E-state index in [0.29, 0.717) is 22.3 Å². The second-order valence-corrected chi connectivity index (χ2v) is 6.95. The van der Waals surface area contributed by atoms with Gasteiger partial charge >= 0.3 is 0 Å². The Morgan fingerprint density at radius 1 is 1.24 bits per heavy atom. The van der Waals surface area contributed by atoms with Crippen LogP contribution in [0.15, 0.2) is 18.2 Å². The summed E-state index contributed by atoms with van der Waals surface area (Å²) in [5, 5.41) is 24.0. The molecule has 0 spiro atoms. The quantitative estimate of drug-likeness (QED) is 0.717. The summed E-state index contributed by atoms with van der Waals surface area (Å²) in [5.74, 6) is 0.474. The van der Waals surface area contributed by atoms with Gasteiger partial charge in [0.1, 0.15) is 18.5 Å². The second-order valence-electron chi connectivity index (χ2n) is 6.10. The minimum Gasteiger partial charge on any atom is -0.489 e. The molecule has 120 valence electrons. The number of hydrogen-bond donors (Lipinski definition) is 3. The molecule has 1 rings (SSSR count). The Kier molecular flexibility index (Phi) is 6.32. The Labute approximate surface area is 136 Å². The van der Waals surface area contributed by atoms with E-state index in [1.54, 1.807) is 32.0 Å². The van der Waals surface area contributed by atoms with E-state index in [2.05, 4.69) is 5.32 Å². The Bertz CT molecular complexity index is 472. The Morgan fingerprint density at radius 2 is 1.86 bits per heavy atom. The number of hydrogen-bond acceptors (Lipinski definition) is 4. The average molecular weight is 336 g/mol. The first-order valence-corrected chi connectivity index (χ1v) is 7.52. The number of nitrogens with one attached hydrogen (secondary N) is 1. The smallest absolute Gasteiger partial charge is 0.138 e. The lowest BCUT2D eigenvalue weighted by atomic mass is 9.86. The number of aliphatic hydroxyl groups is 2. The zero-order valence-corrected chi connectivity index (χ0v) is 14.3. The highest BCUT2D eigenvalue weighted by atomic mass is 35.5. The first-order valence-electron chi connectivity index (χ1n) is 6.76. The summed E-state index contributed by atoms with van der Waals surface area (Å²) in [7, 11) is 0. The molecule has 1 aromatic carbocycles. The molecule has 1 aromatic rings. The fraction of sp³-hybridized carbons (Fsp3) is 0.600. The summed E-state index contributed by atoms with van der Waals surface area (Å²) in [5.41, 5.74) is -1.45. The molecule has 0 aliphatic rings. The van der Waals surface area contributed by atoms with Gasteiger partial charge in [0.2, 0.25) is 0 Å². The van der Waals surface area contributed by atoms with Gasteiger partial charge in [-0.2, -0.15) is 0 Å². The summed E-state index contributed by atoms with van der Waals surface area (Å²) in [6.07, 6.45) is -0.724. The van der Waals surface area contributed by atoms with E-state index >= 15 is 0 Å². The van der Waals surface area contributed by atoms with Crippen LogP contribution < -0.4 is 10.1 Å². The number of β-amino-alcohol motifs (C(OH)–C–C–N with tert-alkyl or cyclic N) is 1. The molecule has 4 nitrogen and oxygen atoms in total. The van der Waals surface area contributed by atoms with Crippen molar-refractivity contribution in [3.63, 3.8) is 0 Å². The minimum absolute atomic E-state index is 0.0935. The SMILES string of the molecule is CC(C)(O)C(C)(C)NCC(O)COc1ccc(Cl)cc1Cl. The normalized spacial score (nSPS) is 14.1. The van der Waals surface area contributed by atoms with Crippen LogP contribution in [0, 0.1) is 0 Å². The molecule has 0 bridgehead atoms. The summed E-state index contributed by atoms with van der Waals surface area (Å²) in [6, 6.07) is 4.91. The molecule has 3 N–H and O–H groups in total. The predicted molar refractivity (Wildman–Crippen MR) is 86.3 cm³/mol. The van der Waals surface area contributed by atoms with Crippen molar-refractivity contribution in [1.82, 2.24) is 5.32 Å². The van der Waals surface area contributed by atoms with E-state index in [-0.39, 0.29) is 6.61 Å². The molecule has 0 radical (unpaired) electrons. The van der Waals surface area contributed by atoms with Gasteiger partial charge in [-0.15, -0.1) is 0 Å². The highest BCUT2D eigenvalue weighted by Gasteiger charge is 2.34. The maximum absolute atomic E-state index is 10.0. The van der Waals surface area contributed by atoms with Crippen molar-refractivity contribution in [2.75, 3.05) is 13.2 Å². The zero-order valence-electron chi connectivity index (χ0n) is 12.8. The molecule has 0 saturated heterocycles. The monoisotopic (exact) mass is 335 g/mol. The predicted octanol–water partition coefficient (Wildman–Crippen LogP) is 2.87. The highest BCUT2D eigenvalue weighted by Crippen LogP contribution is 2.27. The summed E-state index contributed by atoms with van der Waals surface area (Å²) in [4.78, 5) is 0. The van der Waals surface area contributed by atoms with Gasteiger partial charge in [0.15, 0.2) is 0 Å². The molecule has 6 heteroatoms. The largest absolute Gasteiger partial charge is 0.489 e. The Hall–Kier alpha value is -0.520. The fourth-order valence-corrected chi connectivity index (χ4v) is 1.89. The van der Waals surface area contributed by atoms with Gasteiger partial charge in [0.05, 0.1) is 10.6 Å². The number of halogens is 2. The lowest BCUT2D eigenvalue weighted by molar-refractivity contribution is -0.0120. The van der Waals surface area contributed by atoms with E-state index in [9.17, 15) is 10.2 Å². The third kappa shape index (κ3) is 5.64. The van der Waals surface area contributed by atoms with Crippen LogP contribution in [-0.2, 0) is 0 Å². The summed E-state index contributed by atoms with van der Waals surface area (Å²) in [6.45, 7) is 7.57. The molecule has 0 aromatic heterocycles. The van der Waals surface area contributed by atoms with Crippen LogP contribution in [-0.4, -0.2) is 40.6 Å². The maximum Gasteiger partial charge on any atom is 0.138 e. The Balaban J connectivity index is 2.46. The van der Waals surface area contributed by atoms with E-state index < -0.39 is 17.2 Å². The average Bonchev–Trinajstić information content (AvgIpc) is 2.34. The number of rotatable bonds is 7. The van der Waals surface area contributed by atoms with Crippen LogP contribution in [0.4, 0.5) is 0 Å². The van der Waals surface area contributed by atoms with Crippen molar-refractivity contribution in [3.8, 4) is 5.75 Å². The van der Waals surface area contributed by atoms with Crippen LogP contribution in [0.3, 0.4) is 0 Å². The van der Waals surface area contributed by atoms with Gasteiger partial charge in [-0.1, -0.05) is 23.2 Å². The number of aliphatic hydroxyl groups excluding tert-OH is 1. The molecular weight excluding hydrogens is 313 g/mol. The number of ether oxygens (including phenoxy) is 1. The van der Waals surface area contributed by atoms with E-state index in [0.717, 1.165) is 0 Å². The third-order valence-electron chi connectivity index (χ3n) is 3.63.